The van der Waals surface area contributed by atoms with Gasteiger partial charge in [0.15, 0.2) is 0 Å². The monoisotopic (exact) mass is 492 g/mol. The first kappa shape index (κ1) is 25.3. The van der Waals surface area contributed by atoms with Gasteiger partial charge in [-0.1, -0.05) is 36.4 Å². The van der Waals surface area contributed by atoms with Crippen LogP contribution in [0, 0.1) is 6.92 Å². The van der Waals surface area contributed by atoms with E-state index in [1.807, 2.05) is 0 Å². The van der Waals surface area contributed by atoms with E-state index in [1.165, 1.54) is 31.4 Å². The van der Waals surface area contributed by atoms with Gasteiger partial charge in [0.25, 0.3) is 0 Å². The number of alkyl halides is 3. The minimum absolute atomic E-state index is 0.0139. The summed E-state index contributed by atoms with van der Waals surface area (Å²) in [5, 5.41) is 2.39. The Balaban J connectivity index is 1.89. The molecule has 0 aromatic heterocycles. The molecular formula is C24H23F3N2O4S. The molecule has 0 bridgehead atoms. The number of hydrogen-bond donors (Lipinski definition) is 2. The van der Waals surface area contributed by atoms with Gasteiger partial charge in [-0.3, -0.25) is 4.79 Å². The number of amides is 1. The number of sulfonamides is 1. The molecule has 3 aromatic carbocycles. The van der Waals surface area contributed by atoms with E-state index in [1.54, 1.807) is 37.3 Å². The van der Waals surface area contributed by atoms with Crippen LogP contribution >= 0.6 is 0 Å². The van der Waals surface area contributed by atoms with Crippen LogP contribution in [0.4, 0.5) is 18.9 Å². The minimum Gasteiger partial charge on any atom is -0.496 e. The fourth-order valence-corrected chi connectivity index (χ4v) is 4.59. The van der Waals surface area contributed by atoms with Gasteiger partial charge in [0.05, 0.1) is 17.6 Å². The Labute approximate surface area is 195 Å². The van der Waals surface area contributed by atoms with E-state index in [4.69, 9.17) is 4.74 Å². The Morgan fingerprint density at radius 1 is 1.00 bits per heavy atom. The molecule has 0 aliphatic rings. The fraction of sp³-hybridized carbons (Fsp3) is 0.208. The molecule has 0 spiro atoms. The van der Waals surface area contributed by atoms with Gasteiger partial charge in [-0.2, -0.15) is 17.9 Å². The van der Waals surface area contributed by atoms with Gasteiger partial charge >= 0.3 is 6.18 Å². The predicted molar refractivity (Wildman–Crippen MR) is 122 cm³/mol. The van der Waals surface area contributed by atoms with Gasteiger partial charge in [-0.15, -0.1) is 0 Å². The molecule has 10 heteroatoms. The van der Waals surface area contributed by atoms with Gasteiger partial charge in [-0.25, -0.2) is 8.42 Å². The predicted octanol–water partition coefficient (Wildman–Crippen LogP) is 4.55. The van der Waals surface area contributed by atoms with Gasteiger partial charge in [0.1, 0.15) is 11.8 Å². The quantitative estimate of drug-likeness (QED) is 0.483. The zero-order valence-corrected chi connectivity index (χ0v) is 19.2. The molecule has 3 rings (SSSR count). The van der Waals surface area contributed by atoms with Crippen LogP contribution in [0.25, 0.3) is 0 Å². The molecule has 0 saturated carbocycles. The maximum atomic E-state index is 13.0. The van der Waals surface area contributed by atoms with Crippen LogP contribution in [-0.4, -0.2) is 27.5 Å². The van der Waals surface area contributed by atoms with Gasteiger partial charge in [0.2, 0.25) is 15.9 Å². The molecular weight excluding hydrogens is 469 g/mol. The smallest absolute Gasteiger partial charge is 0.416 e. The van der Waals surface area contributed by atoms with Crippen molar-refractivity contribution in [3.8, 4) is 5.75 Å². The lowest BCUT2D eigenvalue weighted by atomic mass is 10.1. The number of nitrogens with one attached hydrogen (secondary N) is 2. The van der Waals surface area contributed by atoms with Crippen molar-refractivity contribution < 1.29 is 31.1 Å². The fourth-order valence-electron chi connectivity index (χ4n) is 3.31. The Morgan fingerprint density at radius 2 is 1.71 bits per heavy atom. The molecule has 34 heavy (non-hydrogen) atoms. The van der Waals surface area contributed by atoms with E-state index in [-0.39, 0.29) is 17.0 Å². The number of ether oxygens (including phenoxy) is 1. The average Bonchev–Trinajstić information content (AvgIpc) is 2.78. The standard InChI is InChI=1S/C24H23F3N2O4S/c1-16-13-20(11-12-22(16)33-2)34(31,32)29-21(14-17-7-4-3-5-8-17)23(30)28-19-10-6-9-18(15-19)24(25,26)27/h3-13,15,21,29H,14H2,1-2H3,(H,28,30)/t21-/m0/s1. The van der Waals surface area contributed by atoms with Crippen molar-refractivity contribution in [1.29, 1.82) is 0 Å². The number of carbonyl (C=O) groups excluding carboxylic acids is 1. The molecule has 1 amide bonds. The highest BCUT2D eigenvalue weighted by molar-refractivity contribution is 7.89. The highest BCUT2D eigenvalue weighted by atomic mass is 32.2. The van der Waals surface area contributed by atoms with Gasteiger partial charge in [-0.05, 0) is 60.9 Å². The van der Waals surface area contributed by atoms with Crippen molar-refractivity contribution in [2.45, 2.75) is 30.5 Å². The minimum atomic E-state index is -4.59. The summed E-state index contributed by atoms with van der Waals surface area (Å²) in [7, 11) is -2.68. The third kappa shape index (κ3) is 6.36. The van der Waals surface area contributed by atoms with E-state index in [2.05, 4.69) is 10.0 Å². The zero-order chi connectivity index (χ0) is 24.9. The van der Waals surface area contributed by atoms with Crippen molar-refractivity contribution in [3.63, 3.8) is 0 Å². The normalized spacial score (nSPS) is 12.7. The second kappa shape index (κ2) is 10.3. The molecule has 0 aliphatic heterocycles. The van der Waals surface area contributed by atoms with E-state index in [9.17, 15) is 26.4 Å². The van der Waals surface area contributed by atoms with Crippen LogP contribution in [0.3, 0.4) is 0 Å². The first-order chi connectivity index (χ1) is 16.0. The average molecular weight is 493 g/mol. The van der Waals surface area contributed by atoms with Crippen LogP contribution in [-0.2, 0) is 27.4 Å². The van der Waals surface area contributed by atoms with Crippen molar-refractivity contribution >= 4 is 21.6 Å². The van der Waals surface area contributed by atoms with Crippen molar-refractivity contribution in [1.82, 2.24) is 4.72 Å². The molecule has 6 nitrogen and oxygen atoms in total. The molecule has 2 N–H and O–H groups in total. The largest absolute Gasteiger partial charge is 0.496 e. The first-order valence-corrected chi connectivity index (χ1v) is 11.7. The summed E-state index contributed by atoms with van der Waals surface area (Å²) >= 11 is 0. The molecule has 0 saturated heterocycles. The summed E-state index contributed by atoms with van der Waals surface area (Å²) < 4.78 is 72.7. The molecule has 3 aromatic rings. The van der Waals surface area contributed by atoms with E-state index in [0.717, 1.165) is 18.2 Å². The zero-order valence-electron chi connectivity index (χ0n) is 18.4. The third-order valence-corrected chi connectivity index (χ3v) is 6.50. The highest BCUT2D eigenvalue weighted by Crippen LogP contribution is 2.30. The van der Waals surface area contributed by atoms with Crippen LogP contribution in [0.15, 0.2) is 77.7 Å². The summed E-state index contributed by atoms with van der Waals surface area (Å²) in [6.07, 6.45) is -4.60. The number of hydrogen-bond acceptors (Lipinski definition) is 4. The summed E-state index contributed by atoms with van der Waals surface area (Å²) in [6, 6.07) is 15.8. The number of anilines is 1. The second-order valence-electron chi connectivity index (χ2n) is 7.56. The van der Waals surface area contributed by atoms with Crippen LogP contribution in [0.5, 0.6) is 5.75 Å². The number of aryl methyl sites for hydroxylation is 1. The summed E-state index contributed by atoms with van der Waals surface area (Å²) in [6.45, 7) is 1.68. The Bertz CT molecular complexity index is 1260. The van der Waals surface area contributed by atoms with E-state index >= 15 is 0 Å². The summed E-state index contributed by atoms with van der Waals surface area (Å²) in [4.78, 5) is 12.9. The number of halogens is 3. The number of carbonyl (C=O) groups is 1. The van der Waals surface area contributed by atoms with Gasteiger partial charge in [0, 0.05) is 5.69 Å². The lowest BCUT2D eigenvalue weighted by molar-refractivity contribution is -0.137. The molecule has 0 aliphatic carbocycles. The topological polar surface area (TPSA) is 84.5 Å². The number of methoxy groups -OCH3 is 1. The molecule has 0 heterocycles. The third-order valence-electron chi connectivity index (χ3n) is 5.03. The maximum absolute atomic E-state index is 13.0. The second-order valence-corrected chi connectivity index (χ2v) is 9.28. The van der Waals surface area contributed by atoms with Crippen LogP contribution < -0.4 is 14.8 Å². The molecule has 180 valence electrons. The lowest BCUT2D eigenvalue weighted by Gasteiger charge is -2.20. The van der Waals surface area contributed by atoms with Crippen molar-refractivity contribution in [3.05, 3.63) is 89.5 Å². The van der Waals surface area contributed by atoms with Crippen molar-refractivity contribution in [2.24, 2.45) is 0 Å². The SMILES string of the molecule is COc1ccc(S(=O)(=O)N[C@@H](Cc2ccccc2)C(=O)Nc2cccc(C(F)(F)F)c2)cc1C. The van der Waals surface area contributed by atoms with Crippen LogP contribution in [0.2, 0.25) is 0 Å². The Morgan fingerprint density at radius 3 is 2.32 bits per heavy atom. The summed E-state index contributed by atoms with van der Waals surface area (Å²) in [5.74, 6) is -0.293. The molecule has 0 radical (unpaired) electrons. The summed E-state index contributed by atoms with van der Waals surface area (Å²) in [5.41, 5.74) is 0.218. The van der Waals surface area contributed by atoms with Crippen molar-refractivity contribution in [2.75, 3.05) is 12.4 Å². The van der Waals surface area contributed by atoms with E-state index < -0.39 is 33.7 Å². The van der Waals surface area contributed by atoms with Gasteiger partial charge < -0.3 is 10.1 Å². The lowest BCUT2D eigenvalue weighted by Crippen LogP contribution is -2.45. The molecule has 0 fully saturated rings. The highest BCUT2D eigenvalue weighted by Gasteiger charge is 2.31. The number of benzene rings is 3. The Kier molecular flexibility index (Phi) is 7.63. The van der Waals surface area contributed by atoms with Crippen LogP contribution in [0.1, 0.15) is 16.7 Å². The van der Waals surface area contributed by atoms with E-state index in [0.29, 0.717) is 16.9 Å². The molecule has 1 atom stereocenters. The first-order valence-electron chi connectivity index (χ1n) is 10.2. The Hall–Kier alpha value is -3.37. The maximum Gasteiger partial charge on any atom is 0.416 e. The molecule has 0 unspecified atom stereocenters. The number of rotatable bonds is 8.